The molecule has 1 aromatic heterocycles. The summed E-state index contributed by atoms with van der Waals surface area (Å²) < 4.78 is 2.12. The molecule has 0 spiro atoms. The summed E-state index contributed by atoms with van der Waals surface area (Å²) in [5.74, 6) is -0.746. The van der Waals surface area contributed by atoms with Crippen LogP contribution in [-0.4, -0.2) is 15.6 Å². The second-order valence-corrected chi connectivity index (χ2v) is 4.09. The second-order valence-electron chi connectivity index (χ2n) is 4.09. The molecule has 16 heavy (non-hydrogen) atoms. The molecule has 0 aliphatic carbocycles. The van der Waals surface area contributed by atoms with Gasteiger partial charge in [-0.05, 0) is 31.0 Å². The smallest absolute Gasteiger partial charge is 0.303 e. The van der Waals surface area contributed by atoms with Crippen molar-refractivity contribution in [3.63, 3.8) is 0 Å². The minimum atomic E-state index is -0.746. The van der Waals surface area contributed by atoms with E-state index in [4.69, 9.17) is 5.11 Å². The van der Waals surface area contributed by atoms with Gasteiger partial charge in [0.15, 0.2) is 0 Å². The van der Waals surface area contributed by atoms with Crippen molar-refractivity contribution >= 4 is 16.9 Å². The molecule has 1 aromatic carbocycles. The highest BCUT2D eigenvalue weighted by molar-refractivity contribution is 5.85. The van der Waals surface area contributed by atoms with Crippen LogP contribution >= 0.6 is 0 Å². The van der Waals surface area contributed by atoms with E-state index >= 15 is 0 Å². The van der Waals surface area contributed by atoms with Gasteiger partial charge >= 0.3 is 5.97 Å². The number of carboxylic acids is 1. The fourth-order valence-electron chi connectivity index (χ4n) is 2.01. The van der Waals surface area contributed by atoms with Crippen molar-refractivity contribution in [3.8, 4) is 0 Å². The van der Waals surface area contributed by atoms with E-state index in [2.05, 4.69) is 23.6 Å². The molecule has 3 heteroatoms. The molecule has 3 nitrogen and oxygen atoms in total. The Morgan fingerprint density at radius 3 is 2.88 bits per heavy atom. The van der Waals surface area contributed by atoms with Crippen molar-refractivity contribution < 1.29 is 9.90 Å². The lowest BCUT2D eigenvalue weighted by atomic mass is 10.1. The van der Waals surface area contributed by atoms with Gasteiger partial charge in [-0.3, -0.25) is 4.79 Å². The van der Waals surface area contributed by atoms with Gasteiger partial charge in [0.2, 0.25) is 0 Å². The molecule has 0 aliphatic rings. The molecule has 0 aliphatic heterocycles. The lowest BCUT2D eigenvalue weighted by Crippen LogP contribution is -1.97. The van der Waals surface area contributed by atoms with Gasteiger partial charge in [-0.25, -0.2) is 0 Å². The summed E-state index contributed by atoms with van der Waals surface area (Å²) >= 11 is 0. The normalized spacial score (nSPS) is 10.9. The van der Waals surface area contributed by atoms with Crippen LogP contribution in [0.2, 0.25) is 0 Å². The number of hydrogen-bond acceptors (Lipinski definition) is 1. The minimum Gasteiger partial charge on any atom is -0.481 e. The number of aromatic nitrogens is 1. The van der Waals surface area contributed by atoms with Crippen LogP contribution in [0.1, 0.15) is 17.7 Å². The third-order valence-electron chi connectivity index (χ3n) is 3.03. The van der Waals surface area contributed by atoms with E-state index in [9.17, 15) is 4.79 Å². The number of hydrogen-bond donors (Lipinski definition) is 1. The Labute approximate surface area is 94.3 Å². The first kappa shape index (κ1) is 10.7. The van der Waals surface area contributed by atoms with Crippen LogP contribution in [-0.2, 0) is 18.3 Å². The molecule has 1 N–H and O–H groups in total. The summed E-state index contributed by atoms with van der Waals surface area (Å²) in [5, 5.41) is 9.87. The van der Waals surface area contributed by atoms with Gasteiger partial charge in [-0.2, -0.15) is 0 Å². The Balaban J connectivity index is 2.45. The number of carboxylic acid groups (broad SMARTS) is 1. The molecule has 1 heterocycles. The number of aryl methyl sites for hydroxylation is 3. The molecule has 0 radical (unpaired) electrons. The average Bonchev–Trinajstić information content (AvgIpc) is 2.53. The highest BCUT2D eigenvalue weighted by atomic mass is 16.4. The van der Waals surface area contributed by atoms with Crippen molar-refractivity contribution in [1.82, 2.24) is 4.57 Å². The zero-order valence-electron chi connectivity index (χ0n) is 9.53. The van der Waals surface area contributed by atoms with Crippen LogP contribution in [0.5, 0.6) is 0 Å². The Hall–Kier alpha value is -1.77. The van der Waals surface area contributed by atoms with E-state index in [0.29, 0.717) is 6.42 Å². The maximum atomic E-state index is 10.6. The van der Waals surface area contributed by atoms with Crippen LogP contribution in [0, 0.1) is 6.92 Å². The lowest BCUT2D eigenvalue weighted by molar-refractivity contribution is -0.136. The van der Waals surface area contributed by atoms with Crippen LogP contribution < -0.4 is 0 Å². The Bertz CT molecular complexity index is 540. The van der Waals surface area contributed by atoms with E-state index in [1.165, 1.54) is 16.6 Å². The molecule has 2 aromatic rings. The fraction of sp³-hybridized carbons (Fsp3) is 0.308. The van der Waals surface area contributed by atoms with Crippen molar-refractivity contribution in [3.05, 3.63) is 35.5 Å². The number of benzene rings is 1. The fourth-order valence-corrected chi connectivity index (χ4v) is 2.01. The molecular weight excluding hydrogens is 202 g/mol. The van der Waals surface area contributed by atoms with Crippen molar-refractivity contribution in [2.75, 3.05) is 0 Å². The monoisotopic (exact) mass is 217 g/mol. The summed E-state index contributed by atoms with van der Waals surface area (Å²) in [5.41, 5.74) is 3.47. The Kier molecular flexibility index (Phi) is 2.69. The maximum Gasteiger partial charge on any atom is 0.303 e. The van der Waals surface area contributed by atoms with Crippen LogP contribution in [0.3, 0.4) is 0 Å². The zero-order valence-corrected chi connectivity index (χ0v) is 9.53. The van der Waals surface area contributed by atoms with Crippen LogP contribution in [0.4, 0.5) is 0 Å². The number of rotatable bonds is 3. The first-order valence-electron chi connectivity index (χ1n) is 5.35. The summed E-state index contributed by atoms with van der Waals surface area (Å²) in [4.78, 5) is 10.6. The van der Waals surface area contributed by atoms with Gasteiger partial charge in [0, 0.05) is 30.1 Å². The van der Waals surface area contributed by atoms with Crippen molar-refractivity contribution in [2.24, 2.45) is 7.05 Å². The highest BCUT2D eigenvalue weighted by Gasteiger charge is 2.07. The molecule has 0 atom stereocenters. The maximum absolute atomic E-state index is 10.6. The molecule has 0 unspecified atom stereocenters. The largest absolute Gasteiger partial charge is 0.481 e. The summed E-state index contributed by atoms with van der Waals surface area (Å²) in [6, 6.07) is 8.17. The van der Waals surface area contributed by atoms with E-state index in [0.717, 1.165) is 5.56 Å². The zero-order chi connectivity index (χ0) is 11.7. The predicted molar refractivity (Wildman–Crippen MR) is 63.6 cm³/mol. The highest BCUT2D eigenvalue weighted by Crippen LogP contribution is 2.23. The molecule has 0 saturated carbocycles. The predicted octanol–water partition coefficient (Wildman–Crippen LogP) is 2.50. The average molecular weight is 217 g/mol. The van der Waals surface area contributed by atoms with Gasteiger partial charge in [0.05, 0.1) is 0 Å². The molecule has 0 fully saturated rings. The first-order valence-corrected chi connectivity index (χ1v) is 5.35. The van der Waals surface area contributed by atoms with Crippen molar-refractivity contribution in [2.45, 2.75) is 19.8 Å². The Morgan fingerprint density at radius 1 is 1.44 bits per heavy atom. The van der Waals surface area contributed by atoms with Gasteiger partial charge in [-0.1, -0.05) is 12.1 Å². The standard InChI is InChI=1S/C13H15NO2/c1-9-8-11-10(6-7-13(15)16)4-3-5-12(11)14(9)2/h3-5,8H,6-7H2,1-2H3,(H,15,16). The van der Waals surface area contributed by atoms with Gasteiger partial charge < -0.3 is 9.67 Å². The number of nitrogens with zero attached hydrogens (tertiary/aromatic N) is 1. The number of fused-ring (bicyclic) bond motifs is 1. The van der Waals surface area contributed by atoms with Gasteiger partial charge in [-0.15, -0.1) is 0 Å². The summed E-state index contributed by atoms with van der Waals surface area (Å²) in [7, 11) is 2.03. The van der Waals surface area contributed by atoms with Crippen LogP contribution in [0.15, 0.2) is 24.3 Å². The van der Waals surface area contributed by atoms with Gasteiger partial charge in [0.1, 0.15) is 0 Å². The molecule has 84 valence electrons. The van der Waals surface area contributed by atoms with E-state index in [-0.39, 0.29) is 6.42 Å². The SMILES string of the molecule is Cc1cc2c(CCC(=O)O)cccc2n1C. The Morgan fingerprint density at radius 2 is 2.19 bits per heavy atom. The van der Waals surface area contributed by atoms with Crippen molar-refractivity contribution in [1.29, 1.82) is 0 Å². The first-order chi connectivity index (χ1) is 7.59. The summed E-state index contributed by atoms with van der Waals surface area (Å²) in [6.07, 6.45) is 0.781. The van der Waals surface area contributed by atoms with Crippen LogP contribution in [0.25, 0.3) is 10.9 Å². The molecule has 2 rings (SSSR count). The topological polar surface area (TPSA) is 42.2 Å². The lowest BCUT2D eigenvalue weighted by Gasteiger charge is -2.02. The third-order valence-corrected chi connectivity index (χ3v) is 3.03. The molecule has 0 bridgehead atoms. The number of carbonyl (C=O) groups is 1. The number of aliphatic carboxylic acids is 1. The summed E-state index contributed by atoms with van der Waals surface area (Å²) in [6.45, 7) is 2.06. The third kappa shape index (κ3) is 1.81. The quantitative estimate of drug-likeness (QED) is 0.858. The molecule has 0 amide bonds. The van der Waals surface area contributed by atoms with Gasteiger partial charge in [0.25, 0.3) is 0 Å². The van der Waals surface area contributed by atoms with E-state index < -0.39 is 5.97 Å². The van der Waals surface area contributed by atoms with E-state index in [1.54, 1.807) is 0 Å². The second kappa shape index (κ2) is 4.00. The molecule has 0 saturated heterocycles. The minimum absolute atomic E-state index is 0.188. The van der Waals surface area contributed by atoms with E-state index in [1.807, 2.05) is 19.2 Å². The molecular formula is C13H15NO2.